The molecule has 1 amide bonds. The second-order valence-electron chi connectivity index (χ2n) is 6.60. The van der Waals surface area contributed by atoms with E-state index in [0.29, 0.717) is 6.54 Å². The topological polar surface area (TPSA) is 42.0 Å². The molecule has 122 valence electrons. The first-order valence-electron chi connectivity index (χ1n) is 7.71. The lowest BCUT2D eigenvalue weighted by Gasteiger charge is -2.29. The van der Waals surface area contributed by atoms with Crippen LogP contribution < -0.4 is 4.90 Å². The van der Waals surface area contributed by atoms with Crippen LogP contribution in [0.1, 0.15) is 26.3 Å². The van der Waals surface area contributed by atoms with E-state index in [1.165, 1.54) is 5.69 Å². The van der Waals surface area contributed by atoms with Gasteiger partial charge in [0.2, 0.25) is 0 Å². The molecule has 1 heterocycles. The van der Waals surface area contributed by atoms with Crippen LogP contribution in [0.3, 0.4) is 0 Å². The Labute approximate surface area is 132 Å². The first kappa shape index (κ1) is 16.6. The van der Waals surface area contributed by atoms with Crippen molar-refractivity contribution < 1.29 is 14.3 Å². The van der Waals surface area contributed by atoms with Gasteiger partial charge in [0.05, 0.1) is 13.2 Å². The van der Waals surface area contributed by atoms with Crippen LogP contribution in [0.4, 0.5) is 10.5 Å². The summed E-state index contributed by atoms with van der Waals surface area (Å²) >= 11 is 0. The highest BCUT2D eigenvalue weighted by Gasteiger charge is 2.19. The van der Waals surface area contributed by atoms with E-state index in [-0.39, 0.29) is 6.09 Å². The van der Waals surface area contributed by atoms with Crippen molar-refractivity contribution in [1.82, 2.24) is 4.90 Å². The van der Waals surface area contributed by atoms with Gasteiger partial charge < -0.3 is 19.3 Å². The molecule has 1 fully saturated rings. The van der Waals surface area contributed by atoms with Crippen LogP contribution in [0.15, 0.2) is 24.3 Å². The minimum Gasteiger partial charge on any atom is -0.444 e. The van der Waals surface area contributed by atoms with Gasteiger partial charge in [-0.1, -0.05) is 12.1 Å². The number of carbonyl (C=O) groups is 1. The lowest BCUT2D eigenvalue weighted by atomic mass is 10.2. The first-order valence-corrected chi connectivity index (χ1v) is 7.71. The van der Waals surface area contributed by atoms with Crippen LogP contribution in [0.25, 0.3) is 0 Å². The molecule has 0 atom stereocenters. The largest absolute Gasteiger partial charge is 0.444 e. The minimum atomic E-state index is -0.467. The molecule has 1 aromatic carbocycles. The van der Waals surface area contributed by atoms with Crippen LogP contribution >= 0.6 is 0 Å². The van der Waals surface area contributed by atoms with Gasteiger partial charge in [-0.15, -0.1) is 0 Å². The average Bonchev–Trinajstić information content (AvgIpc) is 2.47. The smallest absolute Gasteiger partial charge is 0.410 e. The zero-order valence-corrected chi connectivity index (χ0v) is 14.0. The highest BCUT2D eigenvalue weighted by molar-refractivity contribution is 5.67. The van der Waals surface area contributed by atoms with Gasteiger partial charge in [-0.2, -0.15) is 0 Å². The van der Waals surface area contributed by atoms with Crippen molar-refractivity contribution in [1.29, 1.82) is 0 Å². The van der Waals surface area contributed by atoms with Crippen molar-refractivity contribution >= 4 is 11.8 Å². The van der Waals surface area contributed by atoms with Crippen LogP contribution in [0.2, 0.25) is 0 Å². The highest BCUT2D eigenvalue weighted by atomic mass is 16.6. The van der Waals surface area contributed by atoms with Crippen molar-refractivity contribution in [3.63, 3.8) is 0 Å². The van der Waals surface area contributed by atoms with Gasteiger partial charge in [0.25, 0.3) is 0 Å². The van der Waals surface area contributed by atoms with E-state index in [9.17, 15) is 4.79 Å². The SMILES string of the molecule is CN(Cc1ccc(N2CCOCC2)cc1)C(=O)OC(C)(C)C. The molecule has 22 heavy (non-hydrogen) atoms. The standard InChI is InChI=1S/C17H26N2O3/c1-17(2,3)22-16(20)18(4)13-14-5-7-15(8-6-14)19-9-11-21-12-10-19/h5-8H,9-13H2,1-4H3. The average molecular weight is 306 g/mol. The van der Waals surface area contributed by atoms with Gasteiger partial charge in [-0.25, -0.2) is 4.79 Å². The van der Waals surface area contributed by atoms with Crippen LogP contribution in [-0.4, -0.2) is 49.9 Å². The molecule has 1 aromatic rings. The number of hydrogen-bond donors (Lipinski definition) is 0. The number of carbonyl (C=O) groups excluding carboxylic acids is 1. The molecule has 0 bridgehead atoms. The second kappa shape index (κ2) is 7.01. The molecule has 5 nitrogen and oxygen atoms in total. The van der Waals surface area contributed by atoms with E-state index in [1.54, 1.807) is 11.9 Å². The van der Waals surface area contributed by atoms with E-state index in [4.69, 9.17) is 9.47 Å². The summed E-state index contributed by atoms with van der Waals surface area (Å²) in [5, 5.41) is 0. The molecule has 2 rings (SSSR count). The van der Waals surface area contributed by atoms with Crippen molar-refractivity contribution in [3.05, 3.63) is 29.8 Å². The number of hydrogen-bond acceptors (Lipinski definition) is 4. The summed E-state index contributed by atoms with van der Waals surface area (Å²) in [5.41, 5.74) is 1.82. The monoisotopic (exact) mass is 306 g/mol. The van der Waals surface area contributed by atoms with E-state index < -0.39 is 5.60 Å². The quantitative estimate of drug-likeness (QED) is 0.861. The lowest BCUT2D eigenvalue weighted by Crippen LogP contribution is -2.36. The molecule has 0 saturated carbocycles. The summed E-state index contributed by atoms with van der Waals surface area (Å²) in [6.45, 7) is 9.57. The summed E-state index contributed by atoms with van der Waals surface area (Å²) in [6.07, 6.45) is -0.301. The zero-order valence-electron chi connectivity index (χ0n) is 14.0. The third-order valence-electron chi connectivity index (χ3n) is 3.44. The van der Waals surface area contributed by atoms with Gasteiger partial charge in [0, 0.05) is 32.4 Å². The van der Waals surface area contributed by atoms with Gasteiger partial charge in [-0.3, -0.25) is 0 Å². The molecule has 0 aromatic heterocycles. The second-order valence-corrected chi connectivity index (χ2v) is 6.60. The number of morpholine rings is 1. The first-order chi connectivity index (χ1) is 10.3. The minimum absolute atomic E-state index is 0.301. The van der Waals surface area contributed by atoms with Gasteiger partial charge in [-0.05, 0) is 38.5 Å². The summed E-state index contributed by atoms with van der Waals surface area (Å²) < 4.78 is 10.7. The molecule has 0 N–H and O–H groups in total. The van der Waals surface area contributed by atoms with E-state index in [2.05, 4.69) is 29.2 Å². The van der Waals surface area contributed by atoms with E-state index in [0.717, 1.165) is 31.9 Å². The molecule has 1 saturated heterocycles. The Morgan fingerprint density at radius 2 is 1.82 bits per heavy atom. The fraction of sp³-hybridized carbons (Fsp3) is 0.588. The Hall–Kier alpha value is -1.75. The van der Waals surface area contributed by atoms with Crippen LogP contribution in [-0.2, 0) is 16.0 Å². The fourth-order valence-corrected chi connectivity index (χ4v) is 2.31. The molecule has 0 aliphatic carbocycles. The maximum Gasteiger partial charge on any atom is 0.410 e. The molecular weight excluding hydrogens is 280 g/mol. The predicted octanol–water partition coefficient (Wildman–Crippen LogP) is 2.89. The zero-order chi connectivity index (χ0) is 16.2. The molecular formula is C17H26N2O3. The van der Waals surface area contributed by atoms with Gasteiger partial charge >= 0.3 is 6.09 Å². The van der Waals surface area contributed by atoms with Crippen molar-refractivity contribution in [2.24, 2.45) is 0 Å². The Balaban J connectivity index is 1.91. The Bertz CT molecular complexity index is 488. The van der Waals surface area contributed by atoms with E-state index in [1.807, 2.05) is 20.8 Å². The Kier molecular flexibility index (Phi) is 5.29. The molecule has 5 heteroatoms. The maximum absolute atomic E-state index is 12.0. The number of amides is 1. The normalized spacial score (nSPS) is 15.5. The molecule has 0 radical (unpaired) electrons. The molecule has 0 spiro atoms. The third-order valence-corrected chi connectivity index (χ3v) is 3.44. The number of rotatable bonds is 3. The molecule has 1 aliphatic rings. The third kappa shape index (κ3) is 4.91. The van der Waals surface area contributed by atoms with Gasteiger partial charge in [0.15, 0.2) is 0 Å². The maximum atomic E-state index is 12.0. The predicted molar refractivity (Wildman–Crippen MR) is 87.2 cm³/mol. The number of benzene rings is 1. The summed E-state index contributed by atoms with van der Waals surface area (Å²) in [5.74, 6) is 0. The highest BCUT2D eigenvalue weighted by Crippen LogP contribution is 2.18. The van der Waals surface area contributed by atoms with E-state index >= 15 is 0 Å². The lowest BCUT2D eigenvalue weighted by molar-refractivity contribution is 0.0285. The molecule has 1 aliphatic heterocycles. The van der Waals surface area contributed by atoms with Crippen molar-refractivity contribution in [3.8, 4) is 0 Å². The molecule has 0 unspecified atom stereocenters. The van der Waals surface area contributed by atoms with Crippen molar-refractivity contribution in [2.75, 3.05) is 38.3 Å². The number of anilines is 1. The summed E-state index contributed by atoms with van der Waals surface area (Å²) in [7, 11) is 1.75. The Morgan fingerprint density at radius 1 is 1.23 bits per heavy atom. The number of ether oxygens (including phenoxy) is 2. The number of nitrogens with zero attached hydrogens (tertiary/aromatic N) is 2. The van der Waals surface area contributed by atoms with Crippen LogP contribution in [0, 0.1) is 0 Å². The summed E-state index contributed by atoms with van der Waals surface area (Å²) in [4.78, 5) is 15.9. The summed E-state index contributed by atoms with van der Waals surface area (Å²) in [6, 6.07) is 8.32. The van der Waals surface area contributed by atoms with Gasteiger partial charge in [0.1, 0.15) is 5.60 Å². The fourth-order valence-electron chi connectivity index (χ4n) is 2.31. The van der Waals surface area contributed by atoms with Crippen molar-refractivity contribution in [2.45, 2.75) is 32.9 Å². The Morgan fingerprint density at radius 3 is 2.36 bits per heavy atom. The van der Waals surface area contributed by atoms with Crippen LogP contribution in [0.5, 0.6) is 0 Å².